The number of amides is 2. The first-order valence-electron chi connectivity index (χ1n) is 11.2. The molecule has 1 aliphatic heterocycles. The van der Waals surface area contributed by atoms with E-state index in [4.69, 9.17) is 33.3 Å². The molecule has 1 saturated heterocycles. The highest BCUT2D eigenvalue weighted by molar-refractivity contribution is 7.80. The van der Waals surface area contributed by atoms with E-state index in [1.54, 1.807) is 72.8 Å². The maximum absolute atomic E-state index is 13.3. The molecule has 2 amide bonds. The Morgan fingerprint density at radius 1 is 0.703 bits per heavy atom. The number of ether oxygens (including phenoxy) is 2. The van der Waals surface area contributed by atoms with E-state index in [1.807, 2.05) is 30.3 Å². The van der Waals surface area contributed by atoms with Gasteiger partial charge in [0.2, 0.25) is 0 Å². The Bertz CT molecular complexity index is 1490. The fourth-order valence-electron chi connectivity index (χ4n) is 3.62. The molecule has 6 nitrogen and oxygen atoms in total. The number of hydrogen-bond donors (Lipinski definition) is 1. The minimum Gasteiger partial charge on any atom is -0.457 e. The predicted molar refractivity (Wildman–Crippen MR) is 147 cm³/mol. The van der Waals surface area contributed by atoms with E-state index in [9.17, 15) is 9.59 Å². The van der Waals surface area contributed by atoms with Gasteiger partial charge in [0.25, 0.3) is 11.8 Å². The normalized spacial score (nSPS) is 14.5. The first kappa shape index (κ1) is 24.2. The second kappa shape index (κ2) is 10.7. The van der Waals surface area contributed by atoms with Crippen molar-refractivity contribution in [3.63, 3.8) is 0 Å². The highest BCUT2D eigenvalue weighted by atomic mass is 35.5. The van der Waals surface area contributed by atoms with Crippen LogP contribution in [0.5, 0.6) is 23.0 Å². The highest BCUT2D eigenvalue weighted by Gasteiger charge is 2.34. The van der Waals surface area contributed by atoms with E-state index in [2.05, 4.69) is 5.32 Å². The SMILES string of the molecule is O=C1NC(=S)N(c2ccc(Oc3ccccc3)cc2)C(=O)C1=Cc1ccc(Oc2ccc(Cl)cc2)cc1. The third kappa shape index (κ3) is 5.69. The van der Waals surface area contributed by atoms with Crippen molar-refractivity contribution in [3.05, 3.63) is 119 Å². The number of benzene rings is 4. The lowest BCUT2D eigenvalue weighted by molar-refractivity contribution is -0.122. The monoisotopic (exact) mass is 526 g/mol. The summed E-state index contributed by atoms with van der Waals surface area (Å²) in [6, 6.07) is 30.3. The summed E-state index contributed by atoms with van der Waals surface area (Å²) in [5, 5.41) is 3.22. The van der Waals surface area contributed by atoms with E-state index >= 15 is 0 Å². The Morgan fingerprint density at radius 2 is 1.22 bits per heavy atom. The van der Waals surface area contributed by atoms with Crippen molar-refractivity contribution in [2.24, 2.45) is 0 Å². The van der Waals surface area contributed by atoms with Crippen molar-refractivity contribution in [1.29, 1.82) is 0 Å². The van der Waals surface area contributed by atoms with Crippen molar-refractivity contribution >= 4 is 52.5 Å². The van der Waals surface area contributed by atoms with E-state index in [-0.39, 0.29) is 10.7 Å². The summed E-state index contributed by atoms with van der Waals surface area (Å²) in [5.74, 6) is 1.46. The number of para-hydroxylation sites is 1. The van der Waals surface area contributed by atoms with Gasteiger partial charge in [-0.1, -0.05) is 41.9 Å². The van der Waals surface area contributed by atoms with Crippen LogP contribution in [0.1, 0.15) is 5.56 Å². The van der Waals surface area contributed by atoms with Gasteiger partial charge in [0.15, 0.2) is 5.11 Å². The van der Waals surface area contributed by atoms with Crippen LogP contribution < -0.4 is 19.7 Å². The molecule has 37 heavy (non-hydrogen) atoms. The molecule has 0 aromatic heterocycles. The molecule has 0 bridgehead atoms. The number of carbonyl (C=O) groups excluding carboxylic acids is 2. The van der Waals surface area contributed by atoms with E-state index in [0.29, 0.717) is 39.3 Å². The Labute approximate surface area is 223 Å². The smallest absolute Gasteiger partial charge is 0.270 e. The average molecular weight is 527 g/mol. The van der Waals surface area contributed by atoms with Gasteiger partial charge in [0.05, 0.1) is 5.69 Å². The largest absolute Gasteiger partial charge is 0.457 e. The summed E-state index contributed by atoms with van der Waals surface area (Å²) in [6.07, 6.45) is 1.52. The molecular formula is C29H19ClN2O4S. The lowest BCUT2D eigenvalue weighted by Gasteiger charge is -2.29. The van der Waals surface area contributed by atoms with Gasteiger partial charge in [-0.15, -0.1) is 0 Å². The topological polar surface area (TPSA) is 67.9 Å². The average Bonchev–Trinajstić information content (AvgIpc) is 2.90. The van der Waals surface area contributed by atoms with Crippen molar-refractivity contribution in [2.75, 3.05) is 4.90 Å². The van der Waals surface area contributed by atoms with Crippen LogP contribution in [-0.2, 0) is 9.59 Å². The van der Waals surface area contributed by atoms with Crippen molar-refractivity contribution in [3.8, 4) is 23.0 Å². The highest BCUT2D eigenvalue weighted by Crippen LogP contribution is 2.28. The zero-order valence-electron chi connectivity index (χ0n) is 19.3. The van der Waals surface area contributed by atoms with Crippen LogP contribution in [0.25, 0.3) is 6.08 Å². The minimum atomic E-state index is -0.559. The molecule has 0 aliphatic carbocycles. The van der Waals surface area contributed by atoms with Crippen LogP contribution >= 0.6 is 23.8 Å². The first-order valence-corrected chi connectivity index (χ1v) is 12.0. The number of halogens is 1. The molecule has 1 aliphatic rings. The minimum absolute atomic E-state index is 0.00981. The molecule has 1 N–H and O–H groups in total. The van der Waals surface area contributed by atoms with Crippen LogP contribution in [0.2, 0.25) is 5.02 Å². The number of anilines is 1. The second-order valence-corrected chi connectivity index (χ2v) is 8.82. The van der Waals surface area contributed by atoms with Gasteiger partial charge < -0.3 is 9.47 Å². The zero-order chi connectivity index (χ0) is 25.8. The third-order valence-corrected chi connectivity index (χ3v) is 5.95. The molecule has 1 fully saturated rings. The summed E-state index contributed by atoms with van der Waals surface area (Å²) in [6.45, 7) is 0. The summed E-state index contributed by atoms with van der Waals surface area (Å²) >= 11 is 11.2. The van der Waals surface area contributed by atoms with Gasteiger partial charge in [-0.3, -0.25) is 19.8 Å². The number of nitrogens with zero attached hydrogens (tertiary/aromatic N) is 1. The lowest BCUT2D eigenvalue weighted by atomic mass is 10.1. The lowest BCUT2D eigenvalue weighted by Crippen LogP contribution is -2.54. The van der Waals surface area contributed by atoms with Crippen LogP contribution in [0.4, 0.5) is 5.69 Å². The molecule has 1 heterocycles. The third-order valence-electron chi connectivity index (χ3n) is 5.42. The number of carbonyl (C=O) groups is 2. The zero-order valence-corrected chi connectivity index (χ0v) is 20.8. The maximum atomic E-state index is 13.3. The quantitative estimate of drug-likeness (QED) is 0.171. The Balaban J connectivity index is 1.33. The molecule has 8 heteroatoms. The van der Waals surface area contributed by atoms with Crippen molar-refractivity contribution in [1.82, 2.24) is 5.32 Å². The number of nitrogens with one attached hydrogen (secondary N) is 1. The van der Waals surface area contributed by atoms with Gasteiger partial charge in [0.1, 0.15) is 28.6 Å². The number of thiocarbonyl (C=S) groups is 1. The van der Waals surface area contributed by atoms with Crippen LogP contribution in [-0.4, -0.2) is 16.9 Å². The van der Waals surface area contributed by atoms with Crippen molar-refractivity contribution < 1.29 is 19.1 Å². The summed E-state index contributed by atoms with van der Waals surface area (Å²) in [4.78, 5) is 27.2. The van der Waals surface area contributed by atoms with Gasteiger partial charge >= 0.3 is 0 Å². The molecule has 5 rings (SSSR count). The molecule has 4 aromatic rings. The van der Waals surface area contributed by atoms with Crippen LogP contribution in [0, 0.1) is 0 Å². The fourth-order valence-corrected chi connectivity index (χ4v) is 4.02. The molecule has 0 saturated carbocycles. The first-order chi connectivity index (χ1) is 18.0. The maximum Gasteiger partial charge on any atom is 0.270 e. The predicted octanol–water partition coefficient (Wildman–Crippen LogP) is 6.76. The van der Waals surface area contributed by atoms with Crippen LogP contribution in [0.15, 0.2) is 109 Å². The Morgan fingerprint density at radius 3 is 1.81 bits per heavy atom. The molecule has 0 atom stereocenters. The fraction of sp³-hybridized carbons (Fsp3) is 0. The number of hydrogen-bond acceptors (Lipinski definition) is 5. The molecular weight excluding hydrogens is 508 g/mol. The van der Waals surface area contributed by atoms with Gasteiger partial charge in [-0.25, -0.2) is 0 Å². The van der Waals surface area contributed by atoms with E-state index in [0.717, 1.165) is 0 Å². The van der Waals surface area contributed by atoms with E-state index in [1.165, 1.54) is 11.0 Å². The summed E-state index contributed by atoms with van der Waals surface area (Å²) < 4.78 is 11.6. The van der Waals surface area contributed by atoms with Crippen LogP contribution in [0.3, 0.4) is 0 Å². The van der Waals surface area contributed by atoms with Gasteiger partial charge in [0, 0.05) is 5.02 Å². The van der Waals surface area contributed by atoms with E-state index < -0.39 is 11.8 Å². The standard InChI is InChI=1S/C29H19ClN2O4S/c30-20-8-14-24(15-9-20)36-23-12-6-19(7-13-23)18-26-27(33)31-29(37)32(28(26)34)21-10-16-25(17-11-21)35-22-4-2-1-3-5-22/h1-18H,(H,31,33,37). The second-order valence-electron chi connectivity index (χ2n) is 7.99. The van der Waals surface area contributed by atoms with Crippen molar-refractivity contribution in [2.45, 2.75) is 0 Å². The molecule has 0 unspecified atom stereocenters. The number of rotatable bonds is 6. The molecule has 0 spiro atoms. The van der Waals surface area contributed by atoms with Gasteiger partial charge in [-0.05, 0) is 96.7 Å². The Kier molecular flexibility index (Phi) is 6.98. The molecule has 182 valence electrons. The molecule has 4 aromatic carbocycles. The summed E-state index contributed by atoms with van der Waals surface area (Å²) in [5.41, 5.74) is 1.12. The summed E-state index contributed by atoms with van der Waals surface area (Å²) in [7, 11) is 0. The Hall–Kier alpha value is -4.46. The molecule has 0 radical (unpaired) electrons. The van der Waals surface area contributed by atoms with Gasteiger partial charge in [-0.2, -0.15) is 0 Å².